The van der Waals surface area contributed by atoms with Crippen LogP contribution in [-0.4, -0.2) is 17.6 Å². The Morgan fingerprint density at radius 3 is 2.95 bits per heavy atom. The number of carbonyl (C=O) groups is 1. The van der Waals surface area contributed by atoms with Crippen molar-refractivity contribution in [1.29, 1.82) is 0 Å². The summed E-state index contributed by atoms with van der Waals surface area (Å²) in [5.74, 6) is 5.42. The summed E-state index contributed by atoms with van der Waals surface area (Å²) < 4.78 is 0. The molecule has 0 bridgehead atoms. The number of aryl methyl sites for hydroxylation is 1. The number of aliphatic hydroxyl groups excluding tert-OH is 1. The van der Waals surface area contributed by atoms with Crippen LogP contribution in [0.15, 0.2) is 41.8 Å². The van der Waals surface area contributed by atoms with Crippen LogP contribution in [0.4, 0.5) is 5.69 Å². The normalized spacial score (nSPS) is 9.76. The van der Waals surface area contributed by atoms with Crippen molar-refractivity contribution in [1.82, 2.24) is 0 Å². The maximum atomic E-state index is 11.9. The van der Waals surface area contributed by atoms with E-state index >= 15 is 0 Å². The topological polar surface area (TPSA) is 49.3 Å². The fraction of sp³-hybridized carbons (Fsp3) is 0.235. The van der Waals surface area contributed by atoms with E-state index in [-0.39, 0.29) is 12.5 Å². The van der Waals surface area contributed by atoms with Gasteiger partial charge in [0, 0.05) is 22.5 Å². The van der Waals surface area contributed by atoms with Gasteiger partial charge in [-0.3, -0.25) is 4.79 Å². The summed E-state index contributed by atoms with van der Waals surface area (Å²) in [6.45, 7) is -0.167. The first-order valence-corrected chi connectivity index (χ1v) is 7.68. The molecule has 1 aromatic carbocycles. The molecule has 1 aromatic heterocycles. The number of amides is 1. The number of benzene rings is 1. The van der Waals surface area contributed by atoms with E-state index in [1.807, 2.05) is 29.6 Å². The molecule has 4 heteroatoms. The van der Waals surface area contributed by atoms with Crippen molar-refractivity contribution in [3.05, 3.63) is 52.2 Å². The molecule has 0 aliphatic carbocycles. The smallest absolute Gasteiger partial charge is 0.224 e. The van der Waals surface area contributed by atoms with Crippen molar-refractivity contribution in [2.24, 2.45) is 0 Å². The van der Waals surface area contributed by atoms with Gasteiger partial charge in [0.25, 0.3) is 0 Å². The van der Waals surface area contributed by atoms with Gasteiger partial charge in [-0.1, -0.05) is 24.0 Å². The van der Waals surface area contributed by atoms with Crippen molar-refractivity contribution in [2.75, 3.05) is 11.9 Å². The summed E-state index contributed by atoms with van der Waals surface area (Å²) in [5.41, 5.74) is 1.52. The van der Waals surface area contributed by atoms with Crippen LogP contribution in [0.1, 0.15) is 23.3 Å². The molecule has 2 aromatic rings. The highest BCUT2D eigenvalue weighted by atomic mass is 32.1. The third-order valence-electron chi connectivity index (χ3n) is 2.87. The van der Waals surface area contributed by atoms with Crippen molar-refractivity contribution in [3.63, 3.8) is 0 Å². The Hall–Kier alpha value is -2.09. The predicted molar refractivity (Wildman–Crippen MR) is 86.3 cm³/mol. The van der Waals surface area contributed by atoms with Crippen LogP contribution in [0.25, 0.3) is 0 Å². The molecule has 0 saturated heterocycles. The van der Waals surface area contributed by atoms with E-state index in [2.05, 4.69) is 23.2 Å². The summed E-state index contributed by atoms with van der Waals surface area (Å²) in [4.78, 5) is 13.2. The maximum Gasteiger partial charge on any atom is 0.224 e. The van der Waals surface area contributed by atoms with Crippen LogP contribution < -0.4 is 5.32 Å². The fourth-order valence-corrected chi connectivity index (χ4v) is 2.67. The molecule has 0 unspecified atom stereocenters. The lowest BCUT2D eigenvalue weighted by molar-refractivity contribution is -0.116. The molecule has 1 amide bonds. The molecular formula is C17H17NO2S. The Labute approximate surface area is 128 Å². The van der Waals surface area contributed by atoms with Crippen LogP contribution in [0.3, 0.4) is 0 Å². The molecule has 3 nitrogen and oxygen atoms in total. The van der Waals surface area contributed by atoms with Gasteiger partial charge in [-0.2, -0.15) is 0 Å². The summed E-state index contributed by atoms with van der Waals surface area (Å²) in [5, 5.41) is 13.6. The molecule has 0 aliphatic rings. The van der Waals surface area contributed by atoms with Crippen molar-refractivity contribution >= 4 is 22.9 Å². The minimum absolute atomic E-state index is 0.0128. The van der Waals surface area contributed by atoms with Crippen molar-refractivity contribution < 1.29 is 9.90 Å². The Bertz CT molecular complexity index is 638. The summed E-state index contributed by atoms with van der Waals surface area (Å²) in [7, 11) is 0. The number of thiophene rings is 1. The quantitative estimate of drug-likeness (QED) is 0.834. The largest absolute Gasteiger partial charge is 0.384 e. The minimum atomic E-state index is -0.167. The zero-order valence-electron chi connectivity index (χ0n) is 11.6. The zero-order valence-corrected chi connectivity index (χ0v) is 12.5. The van der Waals surface area contributed by atoms with Crippen LogP contribution >= 0.6 is 11.3 Å². The van der Waals surface area contributed by atoms with Crippen LogP contribution in [-0.2, 0) is 11.2 Å². The molecule has 0 fully saturated rings. The van der Waals surface area contributed by atoms with Gasteiger partial charge in [-0.25, -0.2) is 0 Å². The number of aliphatic hydroxyl groups is 1. The third kappa shape index (κ3) is 5.42. The van der Waals surface area contributed by atoms with E-state index in [9.17, 15) is 4.79 Å². The van der Waals surface area contributed by atoms with E-state index in [1.54, 1.807) is 17.4 Å². The van der Waals surface area contributed by atoms with E-state index < -0.39 is 0 Å². The monoisotopic (exact) mass is 299 g/mol. The number of rotatable bonds is 5. The molecule has 2 N–H and O–H groups in total. The lowest BCUT2D eigenvalue weighted by atomic mass is 10.2. The average Bonchev–Trinajstić information content (AvgIpc) is 2.99. The molecular weight excluding hydrogens is 282 g/mol. The third-order valence-corrected chi connectivity index (χ3v) is 3.80. The van der Waals surface area contributed by atoms with Crippen molar-refractivity contribution in [3.8, 4) is 11.8 Å². The van der Waals surface area contributed by atoms with Gasteiger partial charge in [-0.15, -0.1) is 11.3 Å². The number of hydrogen-bond acceptors (Lipinski definition) is 3. The van der Waals surface area contributed by atoms with E-state index in [4.69, 9.17) is 5.11 Å². The minimum Gasteiger partial charge on any atom is -0.384 e. The number of anilines is 1. The second kappa shape index (κ2) is 8.25. The fourth-order valence-electron chi connectivity index (χ4n) is 1.92. The Morgan fingerprint density at radius 2 is 2.19 bits per heavy atom. The zero-order chi connectivity index (χ0) is 14.9. The van der Waals surface area contributed by atoms with Gasteiger partial charge in [0.15, 0.2) is 0 Å². The molecule has 0 atom stereocenters. The first kappa shape index (κ1) is 15.3. The van der Waals surface area contributed by atoms with Gasteiger partial charge >= 0.3 is 0 Å². The Balaban J connectivity index is 1.82. The molecule has 0 radical (unpaired) electrons. The number of carbonyl (C=O) groups excluding carboxylic acids is 1. The van der Waals surface area contributed by atoms with Gasteiger partial charge in [0.05, 0.1) is 0 Å². The number of hydrogen-bond donors (Lipinski definition) is 2. The first-order chi connectivity index (χ1) is 10.3. The van der Waals surface area contributed by atoms with Gasteiger partial charge in [0.1, 0.15) is 6.61 Å². The molecule has 108 valence electrons. The molecule has 21 heavy (non-hydrogen) atoms. The highest BCUT2D eigenvalue weighted by Gasteiger charge is 2.03. The Kier molecular flexibility index (Phi) is 6.01. The van der Waals surface area contributed by atoms with Gasteiger partial charge < -0.3 is 10.4 Å². The molecule has 0 saturated carbocycles. The lowest BCUT2D eigenvalue weighted by Gasteiger charge is -2.05. The van der Waals surface area contributed by atoms with Gasteiger partial charge in [-0.05, 0) is 42.5 Å². The number of nitrogens with one attached hydrogen (secondary N) is 1. The second-order valence-corrected chi connectivity index (χ2v) is 5.55. The first-order valence-electron chi connectivity index (χ1n) is 6.80. The second-order valence-electron chi connectivity index (χ2n) is 4.52. The molecule has 0 spiro atoms. The van der Waals surface area contributed by atoms with E-state index in [0.717, 1.165) is 24.1 Å². The highest BCUT2D eigenvalue weighted by Crippen LogP contribution is 2.13. The van der Waals surface area contributed by atoms with E-state index in [1.165, 1.54) is 4.88 Å². The summed E-state index contributed by atoms with van der Waals surface area (Å²) in [6.07, 6.45) is 2.29. The van der Waals surface area contributed by atoms with Crippen LogP contribution in [0, 0.1) is 11.8 Å². The summed E-state index contributed by atoms with van der Waals surface area (Å²) in [6, 6.07) is 11.4. The maximum absolute atomic E-state index is 11.9. The SMILES string of the molecule is O=C(CCCc1cccs1)Nc1cccc(C#CCO)c1. The van der Waals surface area contributed by atoms with Crippen LogP contribution in [0.5, 0.6) is 0 Å². The average molecular weight is 299 g/mol. The van der Waals surface area contributed by atoms with Gasteiger partial charge in [0.2, 0.25) is 5.91 Å². The molecule has 0 aliphatic heterocycles. The predicted octanol–water partition coefficient (Wildman–Crippen LogP) is 3.05. The molecule has 1 heterocycles. The standard InChI is InChI=1S/C17H17NO2S/c19-11-3-6-14-5-1-7-15(13-14)18-17(20)10-2-8-16-9-4-12-21-16/h1,4-5,7,9,12-13,19H,2,8,10-11H2,(H,18,20). The molecule has 2 rings (SSSR count). The van der Waals surface area contributed by atoms with Crippen LogP contribution in [0.2, 0.25) is 0 Å². The highest BCUT2D eigenvalue weighted by molar-refractivity contribution is 7.09. The lowest BCUT2D eigenvalue weighted by Crippen LogP contribution is -2.11. The van der Waals surface area contributed by atoms with Crippen molar-refractivity contribution in [2.45, 2.75) is 19.3 Å². The summed E-state index contributed by atoms with van der Waals surface area (Å²) >= 11 is 1.72. The van der Waals surface area contributed by atoms with E-state index in [0.29, 0.717) is 6.42 Å². The Morgan fingerprint density at radius 1 is 1.29 bits per heavy atom.